The van der Waals surface area contributed by atoms with E-state index in [1.54, 1.807) is 35.2 Å². The Morgan fingerprint density at radius 3 is 3.00 bits per heavy atom. The van der Waals surface area contributed by atoms with Crippen LogP contribution in [-0.2, 0) is 14.3 Å². The lowest BCUT2D eigenvalue weighted by molar-refractivity contribution is -0.146. The van der Waals surface area contributed by atoms with E-state index in [0.29, 0.717) is 17.3 Å². The van der Waals surface area contributed by atoms with Crippen molar-refractivity contribution in [2.24, 2.45) is 11.8 Å². The van der Waals surface area contributed by atoms with Gasteiger partial charge in [-0.25, -0.2) is 0 Å². The molecule has 5 nitrogen and oxygen atoms in total. The molecule has 1 N–H and O–H groups in total. The minimum Gasteiger partial charge on any atom is -0.481 e. The maximum Gasteiger partial charge on any atom is 0.310 e. The number of benzene rings is 1. The number of hydrogen-bond acceptors (Lipinski definition) is 3. The molecular formula is C15H12ClNO4. The van der Waals surface area contributed by atoms with Crippen molar-refractivity contribution in [1.82, 2.24) is 0 Å². The number of fused-ring (bicyclic) bond motifs is 1. The minimum absolute atomic E-state index is 0.212. The number of carbonyl (C=O) groups is 2. The molecule has 0 aliphatic carbocycles. The molecule has 6 heteroatoms. The molecule has 108 valence electrons. The zero-order valence-electron chi connectivity index (χ0n) is 10.9. The van der Waals surface area contributed by atoms with Gasteiger partial charge in [-0.2, -0.15) is 0 Å². The van der Waals surface area contributed by atoms with Crippen molar-refractivity contribution in [1.29, 1.82) is 0 Å². The van der Waals surface area contributed by atoms with Crippen molar-refractivity contribution in [2.45, 2.75) is 11.7 Å². The molecule has 1 aromatic carbocycles. The predicted molar refractivity (Wildman–Crippen MR) is 75.2 cm³/mol. The second-order valence-corrected chi connectivity index (χ2v) is 6.08. The highest BCUT2D eigenvalue weighted by atomic mass is 35.5. The number of aliphatic carboxylic acids is 1. The molecule has 4 atom stereocenters. The van der Waals surface area contributed by atoms with Gasteiger partial charge >= 0.3 is 5.97 Å². The summed E-state index contributed by atoms with van der Waals surface area (Å²) in [5, 5.41) is 9.92. The maximum absolute atomic E-state index is 12.7. The van der Waals surface area contributed by atoms with Crippen molar-refractivity contribution in [3.05, 3.63) is 41.4 Å². The van der Waals surface area contributed by atoms with E-state index >= 15 is 0 Å². The quantitative estimate of drug-likeness (QED) is 0.845. The fourth-order valence-corrected chi connectivity index (χ4v) is 3.83. The molecule has 0 radical (unpaired) electrons. The summed E-state index contributed by atoms with van der Waals surface area (Å²) in [5.41, 5.74) is -0.145. The molecule has 3 aliphatic rings. The molecule has 3 heterocycles. The number of anilines is 1. The van der Waals surface area contributed by atoms with Crippen LogP contribution in [0.2, 0.25) is 5.02 Å². The van der Waals surface area contributed by atoms with E-state index in [2.05, 4.69) is 0 Å². The highest BCUT2D eigenvalue weighted by Crippen LogP contribution is 2.52. The fraction of sp³-hybridized carbons (Fsp3) is 0.333. The van der Waals surface area contributed by atoms with Crippen LogP contribution in [0.5, 0.6) is 0 Å². The SMILES string of the molecule is O=C(O)[C@H]1[C@H]2C=C[C@]3(CN(c4cccc(Cl)c4)C(=O)[C@@H]13)O2. The third kappa shape index (κ3) is 1.61. The third-order valence-electron chi connectivity index (χ3n) is 4.51. The molecule has 2 fully saturated rings. The predicted octanol–water partition coefficient (Wildman–Crippen LogP) is 1.71. The number of hydrogen-bond donors (Lipinski definition) is 1. The Hall–Kier alpha value is -1.85. The van der Waals surface area contributed by atoms with Crippen LogP contribution in [0.1, 0.15) is 0 Å². The molecule has 3 aliphatic heterocycles. The molecule has 2 saturated heterocycles. The number of amides is 1. The largest absolute Gasteiger partial charge is 0.481 e. The molecule has 4 rings (SSSR count). The second-order valence-electron chi connectivity index (χ2n) is 5.64. The molecule has 1 aromatic rings. The van der Waals surface area contributed by atoms with E-state index in [1.165, 1.54) is 0 Å². The zero-order chi connectivity index (χ0) is 14.8. The van der Waals surface area contributed by atoms with Crippen molar-refractivity contribution in [3.63, 3.8) is 0 Å². The van der Waals surface area contributed by atoms with Gasteiger partial charge in [0.05, 0.1) is 18.6 Å². The van der Waals surface area contributed by atoms with E-state index in [9.17, 15) is 14.7 Å². The van der Waals surface area contributed by atoms with Crippen LogP contribution in [-0.4, -0.2) is 35.2 Å². The number of carbonyl (C=O) groups excluding carboxylic acids is 1. The number of halogens is 1. The van der Waals surface area contributed by atoms with Gasteiger partial charge < -0.3 is 14.7 Å². The number of carboxylic acid groups (broad SMARTS) is 1. The monoisotopic (exact) mass is 305 g/mol. The molecule has 1 amide bonds. The minimum atomic E-state index is -0.988. The molecule has 21 heavy (non-hydrogen) atoms. The Morgan fingerprint density at radius 2 is 2.29 bits per heavy atom. The van der Waals surface area contributed by atoms with E-state index in [1.807, 2.05) is 6.08 Å². The Morgan fingerprint density at radius 1 is 1.48 bits per heavy atom. The second kappa shape index (κ2) is 4.08. The average molecular weight is 306 g/mol. The van der Waals surface area contributed by atoms with Crippen LogP contribution in [0.25, 0.3) is 0 Å². The lowest BCUT2D eigenvalue weighted by Gasteiger charge is -2.21. The van der Waals surface area contributed by atoms with Crippen molar-refractivity contribution in [2.75, 3.05) is 11.4 Å². The summed E-state index contributed by atoms with van der Waals surface area (Å²) in [6.07, 6.45) is 3.09. The summed E-state index contributed by atoms with van der Waals surface area (Å²) >= 11 is 5.97. The van der Waals surface area contributed by atoms with Gasteiger partial charge in [0.2, 0.25) is 5.91 Å². The molecular weight excluding hydrogens is 294 g/mol. The van der Waals surface area contributed by atoms with Gasteiger partial charge in [-0.3, -0.25) is 9.59 Å². The first-order valence-corrected chi connectivity index (χ1v) is 7.07. The topological polar surface area (TPSA) is 66.8 Å². The lowest BCUT2D eigenvalue weighted by atomic mass is 9.77. The highest BCUT2D eigenvalue weighted by molar-refractivity contribution is 6.31. The van der Waals surface area contributed by atoms with E-state index in [0.717, 1.165) is 0 Å². The van der Waals surface area contributed by atoms with Crippen molar-refractivity contribution >= 4 is 29.2 Å². The first-order valence-electron chi connectivity index (χ1n) is 6.69. The lowest BCUT2D eigenvalue weighted by Crippen LogP contribution is -2.39. The highest BCUT2D eigenvalue weighted by Gasteiger charge is 2.67. The number of carboxylic acids is 1. The Balaban J connectivity index is 1.75. The molecule has 0 saturated carbocycles. The van der Waals surface area contributed by atoms with Gasteiger partial charge in [-0.05, 0) is 18.2 Å². The first kappa shape index (κ1) is 12.9. The van der Waals surface area contributed by atoms with E-state index in [4.69, 9.17) is 16.3 Å². The Bertz CT molecular complexity index is 688. The van der Waals surface area contributed by atoms with E-state index in [-0.39, 0.29) is 5.91 Å². The Kier molecular flexibility index (Phi) is 2.50. The molecule has 0 unspecified atom stereocenters. The average Bonchev–Trinajstić information content (AvgIpc) is 3.07. The summed E-state index contributed by atoms with van der Waals surface area (Å²) in [6.45, 7) is 0.327. The normalized spacial score (nSPS) is 36.3. The summed E-state index contributed by atoms with van der Waals surface area (Å²) in [5.74, 6) is -2.68. The fourth-order valence-electron chi connectivity index (χ4n) is 3.64. The van der Waals surface area contributed by atoms with Crippen LogP contribution in [0.4, 0.5) is 5.69 Å². The molecule has 1 spiro atoms. The van der Waals surface area contributed by atoms with E-state index < -0.39 is 29.5 Å². The number of nitrogens with zero attached hydrogens (tertiary/aromatic N) is 1. The molecule has 0 aromatic heterocycles. The van der Waals surface area contributed by atoms with Crippen LogP contribution >= 0.6 is 11.6 Å². The first-order chi connectivity index (χ1) is 10.0. The van der Waals surface area contributed by atoms with Gasteiger partial charge in [0, 0.05) is 10.7 Å². The third-order valence-corrected chi connectivity index (χ3v) is 4.74. The summed E-state index contributed by atoms with van der Waals surface area (Å²) in [4.78, 5) is 25.7. The van der Waals surface area contributed by atoms with Crippen molar-refractivity contribution < 1.29 is 19.4 Å². The smallest absolute Gasteiger partial charge is 0.310 e. The van der Waals surface area contributed by atoms with Crippen LogP contribution in [0.15, 0.2) is 36.4 Å². The van der Waals surface area contributed by atoms with Crippen molar-refractivity contribution in [3.8, 4) is 0 Å². The molecule has 2 bridgehead atoms. The zero-order valence-corrected chi connectivity index (χ0v) is 11.7. The van der Waals surface area contributed by atoms with Crippen LogP contribution in [0.3, 0.4) is 0 Å². The number of rotatable bonds is 2. The standard InChI is InChI=1S/C15H12ClNO4/c16-8-2-1-3-9(6-8)17-7-15-5-4-10(21-15)11(14(19)20)12(15)13(17)18/h1-6,10-12H,7H2,(H,19,20)/t10-,11+,12-,15-/m1/s1. The summed E-state index contributed by atoms with van der Waals surface area (Å²) < 4.78 is 5.82. The summed E-state index contributed by atoms with van der Waals surface area (Å²) in [7, 11) is 0. The van der Waals surface area contributed by atoms with Gasteiger partial charge in [0.1, 0.15) is 11.5 Å². The Labute approximate surface area is 125 Å². The van der Waals surface area contributed by atoms with Gasteiger partial charge in [-0.1, -0.05) is 29.8 Å². The van der Waals surface area contributed by atoms with Gasteiger partial charge in [0.25, 0.3) is 0 Å². The van der Waals surface area contributed by atoms with Crippen LogP contribution in [0, 0.1) is 11.8 Å². The maximum atomic E-state index is 12.7. The van der Waals surface area contributed by atoms with Crippen LogP contribution < -0.4 is 4.90 Å². The van der Waals surface area contributed by atoms with Gasteiger partial charge in [-0.15, -0.1) is 0 Å². The summed E-state index contributed by atoms with van der Waals surface area (Å²) in [6, 6.07) is 6.97. The number of ether oxygens (including phenoxy) is 1. The van der Waals surface area contributed by atoms with Gasteiger partial charge in [0.15, 0.2) is 0 Å².